The van der Waals surface area contributed by atoms with Crippen LogP contribution in [0.3, 0.4) is 0 Å². The molecule has 13 rings (SSSR count). The van der Waals surface area contributed by atoms with Gasteiger partial charge in [0.05, 0.1) is 0 Å². The molecule has 0 bridgehead atoms. The Morgan fingerprint density at radius 3 is 1.51 bits per heavy atom. The quantitative estimate of drug-likeness (QED) is 0.142. The van der Waals surface area contributed by atoms with E-state index in [1.807, 2.05) is 6.07 Å². The molecule has 0 aliphatic rings. The number of hydrogen-bond acceptors (Lipinski definition) is 2. The summed E-state index contributed by atoms with van der Waals surface area (Å²) < 4.78 is 6.59. The molecular formula is C66H43NO. The number of para-hydroxylation sites is 2. The Morgan fingerprint density at radius 2 is 0.750 bits per heavy atom. The summed E-state index contributed by atoms with van der Waals surface area (Å²) >= 11 is 0. The first-order valence-electron chi connectivity index (χ1n) is 23.3. The number of anilines is 3. The lowest BCUT2D eigenvalue weighted by molar-refractivity contribution is 0.670. The second-order valence-electron chi connectivity index (χ2n) is 17.6. The van der Waals surface area contributed by atoms with Crippen molar-refractivity contribution in [3.63, 3.8) is 0 Å². The summed E-state index contributed by atoms with van der Waals surface area (Å²) in [5, 5.41) is 9.64. The van der Waals surface area contributed by atoms with Gasteiger partial charge in [-0.05, 0) is 125 Å². The molecule has 0 radical (unpaired) electrons. The summed E-state index contributed by atoms with van der Waals surface area (Å²) in [5.41, 5.74) is 16.7. The molecule has 0 spiro atoms. The highest BCUT2D eigenvalue weighted by Gasteiger charge is 2.21. The molecule has 0 amide bonds. The van der Waals surface area contributed by atoms with Crippen molar-refractivity contribution in [2.24, 2.45) is 0 Å². The van der Waals surface area contributed by atoms with Gasteiger partial charge in [0.15, 0.2) is 0 Å². The molecule has 318 valence electrons. The van der Waals surface area contributed by atoms with Gasteiger partial charge in [0.2, 0.25) is 0 Å². The van der Waals surface area contributed by atoms with Crippen molar-refractivity contribution in [1.29, 1.82) is 0 Å². The fourth-order valence-corrected chi connectivity index (χ4v) is 10.5. The first-order valence-corrected chi connectivity index (χ1v) is 23.3. The Morgan fingerprint density at radius 1 is 0.250 bits per heavy atom. The van der Waals surface area contributed by atoms with E-state index in [1.54, 1.807) is 0 Å². The maximum Gasteiger partial charge on any atom is 0.143 e. The Kier molecular flexibility index (Phi) is 9.54. The predicted octanol–water partition coefficient (Wildman–Crippen LogP) is 18.9. The van der Waals surface area contributed by atoms with E-state index in [2.05, 4.69) is 260 Å². The van der Waals surface area contributed by atoms with Gasteiger partial charge in [0.1, 0.15) is 11.2 Å². The third-order valence-corrected chi connectivity index (χ3v) is 13.7. The summed E-state index contributed by atoms with van der Waals surface area (Å²) in [7, 11) is 0. The zero-order valence-corrected chi connectivity index (χ0v) is 37.2. The Bertz CT molecular complexity index is 3990. The predicted molar refractivity (Wildman–Crippen MR) is 288 cm³/mol. The number of nitrogens with zero attached hydrogens (tertiary/aromatic N) is 1. The minimum atomic E-state index is 0.892. The molecule has 1 heterocycles. The number of benzene rings is 12. The normalized spacial score (nSPS) is 11.5. The molecule has 0 saturated heterocycles. The molecule has 0 aliphatic heterocycles. The van der Waals surface area contributed by atoms with Crippen LogP contribution in [-0.2, 0) is 0 Å². The van der Waals surface area contributed by atoms with E-state index in [-0.39, 0.29) is 0 Å². The minimum Gasteiger partial charge on any atom is -0.455 e. The van der Waals surface area contributed by atoms with Crippen LogP contribution in [0.15, 0.2) is 265 Å². The lowest BCUT2D eigenvalue weighted by Gasteiger charge is -2.27. The third-order valence-electron chi connectivity index (χ3n) is 13.7. The van der Waals surface area contributed by atoms with Gasteiger partial charge in [-0.2, -0.15) is 0 Å². The van der Waals surface area contributed by atoms with E-state index in [9.17, 15) is 0 Å². The Balaban J connectivity index is 0.990. The number of furan rings is 1. The van der Waals surface area contributed by atoms with Crippen molar-refractivity contribution in [2.75, 3.05) is 4.90 Å². The fraction of sp³-hybridized carbons (Fsp3) is 0. The van der Waals surface area contributed by atoms with Crippen molar-refractivity contribution in [1.82, 2.24) is 0 Å². The molecule has 1 aromatic heterocycles. The number of hydrogen-bond donors (Lipinski definition) is 0. The maximum absolute atomic E-state index is 6.59. The summed E-state index contributed by atoms with van der Waals surface area (Å²) in [4.78, 5) is 2.40. The largest absolute Gasteiger partial charge is 0.455 e. The maximum atomic E-state index is 6.59. The molecule has 0 N–H and O–H groups in total. The summed E-state index contributed by atoms with van der Waals surface area (Å²) in [6.45, 7) is 0. The molecule has 0 fully saturated rings. The first-order chi connectivity index (χ1) is 33.7. The van der Waals surface area contributed by atoms with Crippen LogP contribution in [0.2, 0.25) is 0 Å². The van der Waals surface area contributed by atoms with Crippen LogP contribution < -0.4 is 4.90 Å². The average Bonchev–Trinajstić information content (AvgIpc) is 3.80. The van der Waals surface area contributed by atoms with Crippen LogP contribution in [-0.4, -0.2) is 0 Å². The zero-order chi connectivity index (χ0) is 45.0. The standard InChI is InChI=1S/C66H43NO/c1-3-17-48(18-4-1)64-60-27-10-9-25-57(60)58-41-40-53(43-62(58)65(64)49-19-5-2-6-20-49)67(52-23-13-22-50(42-52)56-29-15-30-61-59-26-11-12-31-63(59)68-66(56)61)51-38-36-45(37-39-51)44-32-34-47(35-33-44)55-28-14-21-46-16-7-8-24-54(46)55/h1-43H. The molecule has 2 heteroatoms. The number of fused-ring (bicyclic) bond motifs is 7. The van der Waals surface area contributed by atoms with Gasteiger partial charge in [-0.1, -0.05) is 218 Å². The van der Waals surface area contributed by atoms with Crippen molar-refractivity contribution < 1.29 is 4.42 Å². The first kappa shape index (κ1) is 39.4. The highest BCUT2D eigenvalue weighted by Crippen LogP contribution is 2.48. The van der Waals surface area contributed by atoms with Crippen molar-refractivity contribution in [3.8, 4) is 55.6 Å². The average molecular weight is 866 g/mol. The molecule has 13 aromatic rings. The van der Waals surface area contributed by atoms with Crippen molar-refractivity contribution >= 4 is 71.3 Å². The Hall–Kier alpha value is -8.98. The summed E-state index contributed by atoms with van der Waals surface area (Å²) in [5.74, 6) is 0. The van der Waals surface area contributed by atoms with E-state index in [1.165, 1.54) is 71.3 Å². The summed E-state index contributed by atoms with van der Waals surface area (Å²) in [6.07, 6.45) is 0. The molecule has 0 aliphatic carbocycles. The molecule has 0 atom stereocenters. The lowest BCUT2D eigenvalue weighted by atomic mass is 9.85. The molecule has 12 aromatic carbocycles. The van der Waals surface area contributed by atoms with Gasteiger partial charge >= 0.3 is 0 Å². The lowest BCUT2D eigenvalue weighted by Crippen LogP contribution is -2.10. The van der Waals surface area contributed by atoms with Crippen LogP contribution in [0.25, 0.3) is 110 Å². The van der Waals surface area contributed by atoms with Gasteiger partial charge in [-0.15, -0.1) is 0 Å². The molecular weight excluding hydrogens is 823 g/mol. The van der Waals surface area contributed by atoms with Crippen LogP contribution in [0, 0.1) is 0 Å². The topological polar surface area (TPSA) is 16.4 Å². The van der Waals surface area contributed by atoms with Crippen LogP contribution in [0.1, 0.15) is 0 Å². The van der Waals surface area contributed by atoms with Crippen molar-refractivity contribution in [3.05, 3.63) is 261 Å². The smallest absolute Gasteiger partial charge is 0.143 e. The molecule has 68 heavy (non-hydrogen) atoms. The Labute approximate surface area is 395 Å². The second kappa shape index (κ2) is 16.5. The van der Waals surface area contributed by atoms with Gasteiger partial charge in [0.25, 0.3) is 0 Å². The van der Waals surface area contributed by atoms with Crippen LogP contribution >= 0.6 is 0 Å². The monoisotopic (exact) mass is 865 g/mol. The van der Waals surface area contributed by atoms with E-state index in [0.717, 1.165) is 55.7 Å². The van der Waals surface area contributed by atoms with Gasteiger partial charge in [-0.25, -0.2) is 0 Å². The van der Waals surface area contributed by atoms with E-state index in [0.29, 0.717) is 0 Å². The summed E-state index contributed by atoms with van der Waals surface area (Å²) in [6, 6.07) is 94.5. The van der Waals surface area contributed by atoms with Crippen LogP contribution in [0.4, 0.5) is 17.1 Å². The molecule has 0 saturated carbocycles. The minimum absolute atomic E-state index is 0.892. The fourth-order valence-electron chi connectivity index (χ4n) is 10.5. The SMILES string of the molecule is c1ccc(-c2c(-c3ccccc3)c3cc(N(c4ccc(-c5ccc(-c6cccc7ccccc67)cc5)cc4)c4cccc(-c5cccc6c5oc5ccccc56)c4)ccc3c3ccccc23)cc1. The van der Waals surface area contributed by atoms with Gasteiger partial charge in [-0.3, -0.25) is 0 Å². The van der Waals surface area contributed by atoms with Gasteiger partial charge in [0, 0.05) is 33.4 Å². The molecule has 2 nitrogen and oxygen atoms in total. The van der Waals surface area contributed by atoms with Gasteiger partial charge < -0.3 is 9.32 Å². The van der Waals surface area contributed by atoms with E-state index >= 15 is 0 Å². The highest BCUT2D eigenvalue weighted by atomic mass is 16.3. The molecule has 0 unspecified atom stereocenters. The van der Waals surface area contributed by atoms with E-state index in [4.69, 9.17) is 4.42 Å². The van der Waals surface area contributed by atoms with E-state index < -0.39 is 0 Å². The zero-order valence-electron chi connectivity index (χ0n) is 37.2. The number of rotatable bonds is 8. The second-order valence-corrected chi connectivity index (χ2v) is 17.6. The third kappa shape index (κ3) is 6.73. The highest BCUT2D eigenvalue weighted by molar-refractivity contribution is 6.22. The van der Waals surface area contributed by atoms with Crippen LogP contribution in [0.5, 0.6) is 0 Å². The van der Waals surface area contributed by atoms with Crippen molar-refractivity contribution in [2.45, 2.75) is 0 Å².